The third-order valence-corrected chi connectivity index (χ3v) is 5.99. The standard InChI is InChI=1S/C24H24FN5O2/c1-3-4-22(31)19-7-13(2)17(12-26-19)21-8-14-11-27-23(29-24(32)16-9-18(16)25)10-15(14)20-5-6-28-30(20)21/h5-8,10-12,16,18,22,31H,3-4,9H2,1-2H3,(H,27,29,32)/t16-,18+,22-/m0/s1. The van der Waals surface area contributed by atoms with Crippen LogP contribution in [0.3, 0.4) is 0 Å². The molecule has 4 heterocycles. The molecule has 1 aliphatic rings. The smallest absolute Gasteiger partial charge is 0.231 e. The van der Waals surface area contributed by atoms with Gasteiger partial charge in [0, 0.05) is 28.7 Å². The third-order valence-electron chi connectivity index (χ3n) is 5.99. The topological polar surface area (TPSA) is 92.4 Å². The van der Waals surface area contributed by atoms with Crippen molar-refractivity contribution in [2.45, 2.75) is 45.4 Å². The van der Waals surface area contributed by atoms with Gasteiger partial charge in [-0.1, -0.05) is 13.3 Å². The number of nitrogens with zero attached hydrogens (tertiary/aromatic N) is 4. The number of aromatic nitrogens is 4. The number of carbonyl (C=O) groups is 1. The lowest BCUT2D eigenvalue weighted by atomic mass is 10.0. The fraction of sp³-hybridized carbons (Fsp3) is 0.333. The molecule has 0 radical (unpaired) electrons. The predicted molar refractivity (Wildman–Crippen MR) is 120 cm³/mol. The first-order valence-electron chi connectivity index (χ1n) is 10.8. The number of fused-ring (bicyclic) bond motifs is 3. The van der Waals surface area contributed by atoms with E-state index in [2.05, 4.69) is 20.4 Å². The van der Waals surface area contributed by atoms with E-state index in [1.165, 1.54) is 0 Å². The van der Waals surface area contributed by atoms with Crippen molar-refractivity contribution in [3.8, 4) is 11.3 Å². The highest BCUT2D eigenvalue weighted by atomic mass is 19.1. The number of hydrogen-bond acceptors (Lipinski definition) is 5. The minimum atomic E-state index is -1.05. The van der Waals surface area contributed by atoms with Crippen molar-refractivity contribution < 1.29 is 14.3 Å². The number of halogens is 1. The van der Waals surface area contributed by atoms with Crippen molar-refractivity contribution in [3.05, 3.63) is 54.1 Å². The molecule has 1 saturated carbocycles. The Labute approximate surface area is 184 Å². The number of hydrogen-bond donors (Lipinski definition) is 2. The van der Waals surface area contributed by atoms with Gasteiger partial charge in [-0.25, -0.2) is 13.9 Å². The fourth-order valence-electron chi connectivity index (χ4n) is 4.07. The SMILES string of the molecule is CCC[C@H](O)c1cc(C)c(-c2cc3cnc(NC(=O)[C@H]4C[C@H]4F)cc3c3ccnn23)cn1. The average Bonchev–Trinajstić information content (AvgIpc) is 3.30. The maximum Gasteiger partial charge on any atom is 0.231 e. The summed E-state index contributed by atoms with van der Waals surface area (Å²) in [7, 11) is 0. The number of carbonyl (C=O) groups excluding carboxylic acids is 1. The molecule has 0 spiro atoms. The van der Waals surface area contributed by atoms with Crippen molar-refractivity contribution in [2.75, 3.05) is 5.32 Å². The first-order chi connectivity index (χ1) is 15.5. The number of alkyl halides is 1. The molecular weight excluding hydrogens is 409 g/mol. The van der Waals surface area contributed by atoms with Crippen LogP contribution in [0.15, 0.2) is 42.9 Å². The van der Waals surface area contributed by atoms with Gasteiger partial charge < -0.3 is 10.4 Å². The van der Waals surface area contributed by atoms with Gasteiger partial charge in [0.05, 0.1) is 35.1 Å². The average molecular weight is 433 g/mol. The van der Waals surface area contributed by atoms with Gasteiger partial charge in [0.25, 0.3) is 0 Å². The summed E-state index contributed by atoms with van der Waals surface area (Å²) in [5, 5.41) is 19.3. The number of nitrogens with one attached hydrogen (secondary N) is 1. The second kappa shape index (κ2) is 7.94. The lowest BCUT2D eigenvalue weighted by molar-refractivity contribution is -0.117. The number of aryl methyl sites for hydroxylation is 1. The zero-order valence-electron chi connectivity index (χ0n) is 17.9. The van der Waals surface area contributed by atoms with Crippen molar-refractivity contribution in [1.82, 2.24) is 19.6 Å². The molecule has 164 valence electrons. The number of rotatable bonds is 6. The normalized spacial score (nSPS) is 18.8. The number of anilines is 1. The second-order valence-corrected chi connectivity index (χ2v) is 8.39. The second-order valence-electron chi connectivity index (χ2n) is 8.39. The molecule has 4 aromatic rings. The van der Waals surface area contributed by atoms with E-state index in [9.17, 15) is 14.3 Å². The Hall–Kier alpha value is -3.39. The maximum atomic E-state index is 13.2. The Morgan fingerprint density at radius 1 is 1.31 bits per heavy atom. The Kier molecular flexibility index (Phi) is 5.09. The Morgan fingerprint density at radius 3 is 2.84 bits per heavy atom. The summed E-state index contributed by atoms with van der Waals surface area (Å²) in [6.45, 7) is 4.02. The van der Waals surface area contributed by atoms with E-state index in [0.717, 1.165) is 39.5 Å². The van der Waals surface area contributed by atoms with Crippen molar-refractivity contribution >= 4 is 28.0 Å². The van der Waals surface area contributed by atoms with Crippen LogP contribution in [0.25, 0.3) is 27.5 Å². The molecule has 0 aromatic carbocycles. The van der Waals surface area contributed by atoms with E-state index in [1.54, 1.807) is 24.7 Å². The summed E-state index contributed by atoms with van der Waals surface area (Å²) in [5.74, 6) is -0.513. The summed E-state index contributed by atoms with van der Waals surface area (Å²) < 4.78 is 15.0. The van der Waals surface area contributed by atoms with Crippen molar-refractivity contribution in [3.63, 3.8) is 0 Å². The van der Waals surface area contributed by atoms with E-state index >= 15 is 0 Å². The molecule has 32 heavy (non-hydrogen) atoms. The van der Waals surface area contributed by atoms with Gasteiger partial charge in [-0.3, -0.25) is 9.78 Å². The van der Waals surface area contributed by atoms with Gasteiger partial charge in [-0.2, -0.15) is 5.10 Å². The molecule has 8 heteroatoms. The first-order valence-corrected chi connectivity index (χ1v) is 10.8. The predicted octanol–water partition coefficient (Wildman–Crippen LogP) is 4.38. The zero-order chi connectivity index (χ0) is 22.4. The summed E-state index contributed by atoms with van der Waals surface area (Å²) in [6.07, 6.45) is 5.39. The Balaban J connectivity index is 1.55. The van der Waals surface area contributed by atoms with Gasteiger partial charge >= 0.3 is 0 Å². The summed E-state index contributed by atoms with van der Waals surface area (Å²) in [5.41, 5.74) is 4.28. The van der Waals surface area contributed by atoms with Gasteiger partial charge in [0.15, 0.2) is 0 Å². The fourth-order valence-corrected chi connectivity index (χ4v) is 4.07. The number of pyridine rings is 3. The van der Waals surface area contributed by atoms with E-state index in [0.29, 0.717) is 17.9 Å². The Morgan fingerprint density at radius 2 is 2.12 bits per heavy atom. The third kappa shape index (κ3) is 3.60. The largest absolute Gasteiger partial charge is 0.387 e. The zero-order valence-corrected chi connectivity index (χ0v) is 17.9. The lowest BCUT2D eigenvalue weighted by Crippen LogP contribution is -2.15. The molecule has 0 saturated heterocycles. The molecule has 3 atom stereocenters. The van der Waals surface area contributed by atoms with Gasteiger partial charge in [-0.05, 0) is 49.6 Å². The van der Waals surface area contributed by atoms with Crippen LogP contribution in [0.4, 0.5) is 10.2 Å². The molecule has 2 N–H and O–H groups in total. The van der Waals surface area contributed by atoms with Crippen LogP contribution in [-0.4, -0.2) is 36.8 Å². The molecule has 1 fully saturated rings. The summed E-state index contributed by atoms with van der Waals surface area (Å²) in [4.78, 5) is 20.9. The van der Waals surface area contributed by atoms with Crippen LogP contribution in [0.2, 0.25) is 0 Å². The molecule has 0 bridgehead atoms. The first kappa shape index (κ1) is 20.5. The summed E-state index contributed by atoms with van der Waals surface area (Å²) >= 11 is 0. The molecule has 1 aliphatic carbocycles. The molecule has 0 aliphatic heterocycles. The van der Waals surface area contributed by atoms with Crippen LogP contribution in [0.1, 0.15) is 43.5 Å². The van der Waals surface area contributed by atoms with Gasteiger partial charge in [0.2, 0.25) is 5.91 Å². The molecule has 5 rings (SSSR count). The number of aliphatic hydroxyl groups is 1. The highest BCUT2D eigenvalue weighted by molar-refractivity contribution is 6.01. The van der Waals surface area contributed by atoms with Crippen LogP contribution in [-0.2, 0) is 4.79 Å². The van der Waals surface area contributed by atoms with Gasteiger partial charge in [0.1, 0.15) is 12.0 Å². The summed E-state index contributed by atoms with van der Waals surface area (Å²) in [6, 6.07) is 7.59. The number of amides is 1. The van der Waals surface area contributed by atoms with Crippen LogP contribution in [0.5, 0.6) is 0 Å². The van der Waals surface area contributed by atoms with Crippen LogP contribution < -0.4 is 5.32 Å². The molecular formula is C24H24FN5O2. The van der Waals surface area contributed by atoms with E-state index < -0.39 is 18.2 Å². The van der Waals surface area contributed by atoms with Gasteiger partial charge in [-0.15, -0.1) is 0 Å². The maximum absolute atomic E-state index is 13.2. The highest BCUT2D eigenvalue weighted by Crippen LogP contribution is 2.35. The molecule has 1 amide bonds. The van der Waals surface area contributed by atoms with Crippen molar-refractivity contribution in [1.29, 1.82) is 0 Å². The van der Waals surface area contributed by atoms with E-state index in [1.807, 2.05) is 36.6 Å². The van der Waals surface area contributed by atoms with Crippen LogP contribution >= 0.6 is 0 Å². The minimum absolute atomic E-state index is 0.275. The highest BCUT2D eigenvalue weighted by Gasteiger charge is 2.43. The monoisotopic (exact) mass is 433 g/mol. The Bertz CT molecular complexity index is 1330. The lowest BCUT2D eigenvalue weighted by Gasteiger charge is -2.14. The number of aliphatic hydroxyl groups excluding tert-OH is 1. The minimum Gasteiger partial charge on any atom is -0.387 e. The molecule has 4 aromatic heterocycles. The molecule has 7 nitrogen and oxygen atoms in total. The van der Waals surface area contributed by atoms with E-state index in [-0.39, 0.29) is 12.3 Å². The van der Waals surface area contributed by atoms with Crippen molar-refractivity contribution in [2.24, 2.45) is 5.92 Å². The molecule has 0 unspecified atom stereocenters. The van der Waals surface area contributed by atoms with Crippen LogP contribution in [0, 0.1) is 12.8 Å². The quantitative estimate of drug-likeness (QED) is 0.471. The van der Waals surface area contributed by atoms with E-state index in [4.69, 9.17) is 0 Å².